The van der Waals surface area contributed by atoms with Gasteiger partial charge in [-0.15, -0.1) is 47.4 Å². The van der Waals surface area contributed by atoms with Crippen LogP contribution in [0.25, 0.3) is 156 Å². The van der Waals surface area contributed by atoms with E-state index < -0.39 is 0 Å². The molecule has 20 aromatic rings. The van der Waals surface area contributed by atoms with Crippen molar-refractivity contribution in [1.82, 2.24) is 97.0 Å². The number of aromatic amines is 1. The van der Waals surface area contributed by atoms with Gasteiger partial charge in [0.2, 0.25) is 5.56 Å². The first-order valence-electron chi connectivity index (χ1n) is 37.1. The highest BCUT2D eigenvalue weighted by Crippen LogP contribution is 2.34. The van der Waals surface area contributed by atoms with E-state index in [2.05, 4.69) is 86.1 Å². The van der Waals surface area contributed by atoms with Crippen LogP contribution in [0.1, 0.15) is 39.7 Å². The molecule has 0 aliphatic heterocycles. The van der Waals surface area contributed by atoms with Crippen molar-refractivity contribution in [2.24, 2.45) is 0 Å². The van der Waals surface area contributed by atoms with E-state index in [1.807, 2.05) is 256 Å². The summed E-state index contributed by atoms with van der Waals surface area (Å²) in [6, 6.07) is 69.9. The van der Waals surface area contributed by atoms with Crippen LogP contribution in [-0.2, 0) is 13.1 Å². The maximum absolute atomic E-state index is 12.5. The summed E-state index contributed by atoms with van der Waals surface area (Å²) in [5, 5.41) is 39.2. The molecule has 0 saturated carbocycles. The first kappa shape index (κ1) is 71.5. The highest BCUT2D eigenvalue weighted by molar-refractivity contribution is 5.96. The molecule has 4 aromatic carbocycles. The fourth-order valence-electron chi connectivity index (χ4n) is 14.1. The van der Waals surface area contributed by atoms with E-state index >= 15 is 0 Å². The Morgan fingerprint density at radius 3 is 1.02 bits per heavy atom. The van der Waals surface area contributed by atoms with Crippen molar-refractivity contribution in [3.63, 3.8) is 0 Å². The second-order valence-corrected chi connectivity index (χ2v) is 27.2. The summed E-state index contributed by atoms with van der Waals surface area (Å²) in [6.07, 6.45) is 25.6. The molecule has 16 aromatic heterocycles. The van der Waals surface area contributed by atoms with Gasteiger partial charge in [0.05, 0.1) is 22.1 Å². The summed E-state index contributed by atoms with van der Waals surface area (Å²) in [5.41, 5.74) is 17.5. The zero-order valence-corrected chi connectivity index (χ0v) is 62.0. The monoisotopic (exact) mass is 1490 g/mol. The van der Waals surface area contributed by atoms with Crippen LogP contribution in [-0.4, -0.2) is 97.0 Å². The van der Waals surface area contributed by atoms with Crippen LogP contribution in [0, 0.1) is 0 Å². The maximum Gasteiger partial charge on any atom is 0.251 e. The van der Waals surface area contributed by atoms with Crippen molar-refractivity contribution in [3.05, 3.63) is 347 Å². The van der Waals surface area contributed by atoms with Gasteiger partial charge >= 0.3 is 0 Å². The van der Waals surface area contributed by atoms with E-state index in [4.69, 9.17) is 0 Å². The number of H-pyrrole nitrogens is 1. The average molecular weight is 1500 g/mol. The molecule has 0 fully saturated rings. The first-order valence-corrected chi connectivity index (χ1v) is 37.1. The minimum Gasteiger partial charge on any atom is -0.329 e. The Morgan fingerprint density at radius 1 is 0.360 bits per heavy atom. The zero-order valence-electron chi connectivity index (χ0n) is 62.0. The molecule has 16 heterocycles. The van der Waals surface area contributed by atoms with E-state index in [1.54, 1.807) is 81.2 Å². The lowest BCUT2D eigenvalue weighted by Gasteiger charge is -2.13. The highest BCUT2D eigenvalue weighted by Gasteiger charge is 2.19. The Balaban J connectivity index is 0.000000110. The summed E-state index contributed by atoms with van der Waals surface area (Å²) in [5.74, 6) is 3.05. The number of hydrogen-bond acceptors (Lipinski definition) is 16. The van der Waals surface area contributed by atoms with Gasteiger partial charge in [0, 0.05) is 162 Å². The van der Waals surface area contributed by atoms with Crippen molar-refractivity contribution >= 4 is 66.2 Å². The lowest BCUT2D eigenvalue weighted by atomic mass is 10.1. The van der Waals surface area contributed by atoms with Gasteiger partial charge in [-0.05, 0) is 186 Å². The van der Waals surface area contributed by atoms with E-state index in [0.717, 1.165) is 170 Å². The van der Waals surface area contributed by atoms with Gasteiger partial charge in [-0.25, -0.2) is 0 Å². The number of aromatic nitrogens is 20. The molecule has 20 rings (SSSR count). The van der Waals surface area contributed by atoms with Crippen molar-refractivity contribution in [1.29, 1.82) is 0 Å². The van der Waals surface area contributed by atoms with Crippen LogP contribution in [0.5, 0.6) is 0 Å². The van der Waals surface area contributed by atoms with Crippen LogP contribution in [0.2, 0.25) is 0 Å². The number of pyridine rings is 12. The molecule has 0 aliphatic rings. The van der Waals surface area contributed by atoms with E-state index in [1.165, 1.54) is 0 Å². The van der Waals surface area contributed by atoms with E-state index in [9.17, 15) is 19.2 Å². The molecule has 1 atom stereocenters. The summed E-state index contributed by atoms with van der Waals surface area (Å²) < 4.78 is 12.9. The fourth-order valence-corrected chi connectivity index (χ4v) is 14.1. The number of fused-ring (bicyclic) bond motifs is 8. The third-order valence-electron chi connectivity index (χ3n) is 20.1. The highest BCUT2D eigenvalue weighted by atomic mass is 16.1. The lowest BCUT2D eigenvalue weighted by molar-refractivity contribution is 0.514. The minimum atomic E-state index is -0.132. The Labute approximate surface area is 649 Å². The molecular weight excluding hydrogens is 1430 g/mol. The summed E-state index contributed by atoms with van der Waals surface area (Å²) in [6.45, 7) is 11.1. The van der Waals surface area contributed by atoms with Gasteiger partial charge in [-0.1, -0.05) is 92.7 Å². The SMILES string of the molecule is C=CCn1ccc(-c2ccn3c(-c4ccnc5ccccc45)nnc3c2)cc1=O.CCC(C)n1ccc(-c2ccn3c(-c4ccnc5ccccc45)nnc3c2)cc1=O.CCCn1ccc(-c2ccn3c(-c4ccnc5ccccc45)nnc3c2)cc1=O.O=c1cc(-c2ccn3c(-c4ccnc5ccccc45)nnc3c2)cc[nH]1. The van der Waals surface area contributed by atoms with Crippen molar-refractivity contribution in [2.45, 2.75) is 52.7 Å². The topological polar surface area (TPSA) is 271 Å². The summed E-state index contributed by atoms with van der Waals surface area (Å²) in [4.78, 5) is 68.9. The molecule has 24 heteroatoms. The van der Waals surface area contributed by atoms with Gasteiger partial charge in [0.15, 0.2) is 45.9 Å². The lowest BCUT2D eigenvalue weighted by Crippen LogP contribution is -2.21. The third kappa shape index (κ3) is 14.2. The second-order valence-electron chi connectivity index (χ2n) is 27.2. The summed E-state index contributed by atoms with van der Waals surface area (Å²) in [7, 11) is 0. The normalized spacial score (nSPS) is 11.6. The van der Waals surface area contributed by atoms with Crippen LogP contribution in [0.4, 0.5) is 0 Å². The van der Waals surface area contributed by atoms with Crippen LogP contribution in [0.15, 0.2) is 325 Å². The largest absolute Gasteiger partial charge is 0.329 e. The van der Waals surface area contributed by atoms with Crippen molar-refractivity contribution in [2.75, 3.05) is 0 Å². The molecule has 0 amide bonds. The number of nitrogens with one attached hydrogen (secondary N) is 1. The second kappa shape index (κ2) is 31.3. The quantitative estimate of drug-likeness (QED) is 0.0991. The molecule has 0 radical (unpaired) electrons. The molecule has 1 N–H and O–H groups in total. The maximum atomic E-state index is 12.5. The number of nitrogens with zero attached hydrogens (tertiary/aromatic N) is 19. The third-order valence-corrected chi connectivity index (χ3v) is 20.1. The Morgan fingerprint density at radius 2 is 0.684 bits per heavy atom. The fraction of sp³-hybridized carbons (Fsp3) is 0.0889. The molecule has 0 spiro atoms. The number of benzene rings is 4. The molecule has 0 saturated heterocycles. The Kier molecular flexibility index (Phi) is 19.6. The van der Waals surface area contributed by atoms with E-state index in [-0.39, 0.29) is 28.3 Å². The molecule has 0 aliphatic carbocycles. The van der Waals surface area contributed by atoms with Crippen molar-refractivity contribution < 1.29 is 0 Å². The van der Waals surface area contributed by atoms with Crippen LogP contribution in [0.3, 0.4) is 0 Å². The van der Waals surface area contributed by atoms with Gasteiger partial charge in [-0.2, -0.15) is 0 Å². The Bertz CT molecular complexity index is 7290. The Hall–Kier alpha value is -15.5. The van der Waals surface area contributed by atoms with Crippen molar-refractivity contribution in [3.8, 4) is 90.1 Å². The molecular formula is C90H70N20O4. The number of para-hydroxylation sites is 4. The molecule has 114 heavy (non-hydrogen) atoms. The van der Waals surface area contributed by atoms with Gasteiger partial charge in [0.25, 0.3) is 16.7 Å². The van der Waals surface area contributed by atoms with Crippen LogP contribution < -0.4 is 22.2 Å². The molecule has 24 nitrogen and oxygen atoms in total. The summed E-state index contributed by atoms with van der Waals surface area (Å²) >= 11 is 0. The number of hydrogen-bond donors (Lipinski definition) is 1. The van der Waals surface area contributed by atoms with Gasteiger partial charge in [-0.3, -0.25) is 56.7 Å². The molecule has 0 bridgehead atoms. The number of aryl methyl sites for hydroxylation is 1. The predicted octanol–water partition coefficient (Wildman–Crippen LogP) is 16.2. The van der Waals surface area contributed by atoms with E-state index in [0.29, 0.717) is 12.2 Å². The predicted molar refractivity (Wildman–Crippen MR) is 446 cm³/mol. The minimum absolute atomic E-state index is 0.00661. The van der Waals surface area contributed by atoms with Gasteiger partial charge in [0.1, 0.15) is 0 Å². The smallest absolute Gasteiger partial charge is 0.251 e. The molecule has 1 unspecified atom stereocenters. The van der Waals surface area contributed by atoms with Gasteiger partial charge < -0.3 is 18.7 Å². The molecule has 554 valence electrons. The van der Waals surface area contributed by atoms with Crippen LogP contribution >= 0.6 is 0 Å². The average Bonchev–Trinajstić information content (AvgIpc) is 1.60. The number of allylic oxidation sites excluding steroid dienone is 1. The number of rotatable bonds is 14. The standard InChI is InChI=1S/C24H21N5O.C23H19N5O.C23H17N5O.C20H13N5O/c1-3-16(2)28-12-9-18(15-23(28)30)17-10-13-29-22(14-17)26-27-24(29)20-8-11-25-21-7-5-4-6-19(20)21;2*1-2-11-27-12-8-17(15-22(27)29)16-9-13-28-21(14-16)25-26-23(28)19-7-10-24-20-6-4-3-5-18(19)20;26-19-12-13(5-8-22-19)14-7-10-25-18(11-14)23-24-20(25)16-6-9-21-17-4-2-1-3-15(16)17/h4-16H,3H2,1-2H3;3-10,12-15H,2,11H2,1H3;2-10,12-15H,1,11H2;1-12H,(H,22,26). The first-order chi connectivity index (χ1) is 55.9. The zero-order chi connectivity index (χ0) is 77.8.